The van der Waals surface area contributed by atoms with Gasteiger partial charge in [0.1, 0.15) is 18.2 Å². The minimum atomic E-state index is 0.496. The zero-order chi connectivity index (χ0) is 22.5. The molecule has 2 aromatic heterocycles. The Labute approximate surface area is 197 Å². The van der Waals surface area contributed by atoms with Gasteiger partial charge in [-0.25, -0.2) is 4.98 Å². The van der Waals surface area contributed by atoms with E-state index in [4.69, 9.17) is 9.72 Å². The molecule has 0 saturated carbocycles. The zero-order valence-corrected chi connectivity index (χ0v) is 18.8. The molecule has 2 N–H and O–H groups in total. The van der Waals surface area contributed by atoms with Crippen LogP contribution in [0.2, 0.25) is 0 Å². The second kappa shape index (κ2) is 7.85. The second-order valence-electron chi connectivity index (χ2n) is 9.15. The molecule has 3 aromatic carbocycles. The van der Waals surface area contributed by atoms with Gasteiger partial charge >= 0.3 is 0 Å². The number of ether oxygens (including phenoxy) is 1. The number of aromatic amines is 1. The summed E-state index contributed by atoms with van der Waals surface area (Å²) in [6.45, 7) is 4.28. The van der Waals surface area contributed by atoms with Crippen molar-refractivity contribution < 1.29 is 4.74 Å². The monoisotopic (exact) mass is 447 g/mol. The van der Waals surface area contributed by atoms with Gasteiger partial charge in [-0.3, -0.25) is 4.98 Å². The fourth-order valence-corrected chi connectivity index (χ4v) is 5.02. The van der Waals surface area contributed by atoms with Crippen molar-refractivity contribution in [2.75, 3.05) is 31.1 Å². The largest absolute Gasteiger partial charge is 0.491 e. The molecule has 7 rings (SSSR count). The number of aromatic nitrogens is 3. The lowest BCUT2D eigenvalue weighted by atomic mass is 10.0. The second-order valence-corrected chi connectivity index (χ2v) is 9.15. The molecule has 0 unspecified atom stereocenters. The fraction of sp³-hybridized carbons (Fsp3) is 0.214. The van der Waals surface area contributed by atoms with E-state index in [9.17, 15) is 0 Å². The quantitative estimate of drug-likeness (QED) is 0.413. The van der Waals surface area contributed by atoms with Crippen LogP contribution in [-0.4, -0.2) is 41.2 Å². The van der Waals surface area contributed by atoms with Crippen LogP contribution >= 0.6 is 0 Å². The lowest BCUT2D eigenvalue weighted by Gasteiger charge is -2.24. The van der Waals surface area contributed by atoms with Gasteiger partial charge in [0.2, 0.25) is 0 Å². The number of rotatable bonds is 3. The number of nitrogens with zero attached hydrogens (tertiary/aromatic N) is 3. The maximum absolute atomic E-state index is 6.14. The SMILES string of the molecule is c1ccc2c(N3CCOc4ccc(-c5ccc6nc(C7CNC7)[nH]c6c5)cc4C3)ccnc2c1. The van der Waals surface area contributed by atoms with Crippen LogP contribution in [0.15, 0.2) is 72.9 Å². The van der Waals surface area contributed by atoms with E-state index in [0.717, 1.165) is 54.3 Å². The summed E-state index contributed by atoms with van der Waals surface area (Å²) in [6, 6.07) is 23.5. The van der Waals surface area contributed by atoms with Crippen molar-refractivity contribution in [2.45, 2.75) is 12.5 Å². The van der Waals surface area contributed by atoms with Crippen molar-refractivity contribution >= 4 is 27.6 Å². The predicted molar refractivity (Wildman–Crippen MR) is 135 cm³/mol. The van der Waals surface area contributed by atoms with E-state index >= 15 is 0 Å². The van der Waals surface area contributed by atoms with E-state index in [2.05, 4.69) is 80.8 Å². The molecule has 0 atom stereocenters. The average molecular weight is 448 g/mol. The average Bonchev–Trinajstić information content (AvgIpc) is 3.12. The molecule has 6 heteroatoms. The highest BCUT2D eigenvalue weighted by molar-refractivity contribution is 5.91. The van der Waals surface area contributed by atoms with Crippen LogP contribution in [0.4, 0.5) is 5.69 Å². The molecule has 2 aliphatic heterocycles. The first-order valence-corrected chi connectivity index (χ1v) is 11.9. The number of pyridine rings is 1. The Hall–Kier alpha value is -3.90. The van der Waals surface area contributed by atoms with Crippen molar-refractivity contribution in [2.24, 2.45) is 0 Å². The van der Waals surface area contributed by atoms with Crippen LogP contribution in [-0.2, 0) is 6.54 Å². The first kappa shape index (κ1) is 19.6. The maximum Gasteiger partial charge on any atom is 0.124 e. The number of fused-ring (bicyclic) bond motifs is 3. The molecule has 0 radical (unpaired) electrons. The summed E-state index contributed by atoms with van der Waals surface area (Å²) in [6.07, 6.45) is 1.90. The van der Waals surface area contributed by atoms with Gasteiger partial charge in [0, 0.05) is 48.4 Å². The molecule has 0 bridgehead atoms. The number of H-pyrrole nitrogens is 1. The molecule has 5 aromatic rings. The summed E-state index contributed by atoms with van der Waals surface area (Å²) < 4.78 is 6.14. The molecule has 4 heterocycles. The molecular weight excluding hydrogens is 422 g/mol. The lowest BCUT2D eigenvalue weighted by molar-refractivity contribution is 0.332. The fourth-order valence-electron chi connectivity index (χ4n) is 5.02. The number of anilines is 1. The smallest absolute Gasteiger partial charge is 0.124 e. The van der Waals surface area contributed by atoms with Crippen molar-refractivity contribution in [3.8, 4) is 16.9 Å². The van der Waals surface area contributed by atoms with Gasteiger partial charge in [0.25, 0.3) is 0 Å². The number of imidazole rings is 1. The van der Waals surface area contributed by atoms with E-state index in [1.807, 2.05) is 12.3 Å². The number of benzene rings is 3. The molecule has 0 spiro atoms. The number of hydrogen-bond donors (Lipinski definition) is 2. The van der Waals surface area contributed by atoms with Gasteiger partial charge in [-0.05, 0) is 47.5 Å². The van der Waals surface area contributed by atoms with Crippen LogP contribution < -0.4 is 15.0 Å². The summed E-state index contributed by atoms with van der Waals surface area (Å²) in [4.78, 5) is 15.3. The van der Waals surface area contributed by atoms with E-state index in [1.54, 1.807) is 0 Å². The van der Waals surface area contributed by atoms with Crippen LogP contribution in [0.5, 0.6) is 5.75 Å². The molecule has 0 aliphatic carbocycles. The lowest BCUT2D eigenvalue weighted by Crippen LogP contribution is -2.40. The van der Waals surface area contributed by atoms with Gasteiger partial charge in [0.05, 0.1) is 23.1 Å². The Bertz CT molecular complexity index is 1520. The third-order valence-corrected chi connectivity index (χ3v) is 7.01. The van der Waals surface area contributed by atoms with Gasteiger partial charge in [0.15, 0.2) is 0 Å². The first-order valence-electron chi connectivity index (χ1n) is 11.9. The van der Waals surface area contributed by atoms with Gasteiger partial charge in [-0.1, -0.05) is 30.3 Å². The Kier molecular flexibility index (Phi) is 4.52. The van der Waals surface area contributed by atoms with Crippen LogP contribution in [0.3, 0.4) is 0 Å². The molecule has 1 saturated heterocycles. The van der Waals surface area contributed by atoms with Gasteiger partial charge in [-0.15, -0.1) is 0 Å². The molecule has 0 amide bonds. The van der Waals surface area contributed by atoms with Crippen molar-refractivity contribution in [3.05, 3.63) is 84.3 Å². The standard InChI is InChI=1S/C28H25N5O/c1-2-4-23-22(3-1)26(9-10-30-23)33-11-12-34-27-8-6-18(13-20(27)17-33)19-5-7-24-25(14-19)32-28(31-24)21-15-29-16-21/h1-10,13-14,21,29H,11-12,15-17H2,(H,31,32). The number of para-hydroxylation sites is 1. The summed E-state index contributed by atoms with van der Waals surface area (Å²) in [5, 5.41) is 4.49. The topological polar surface area (TPSA) is 66.1 Å². The van der Waals surface area contributed by atoms with Crippen molar-refractivity contribution in [3.63, 3.8) is 0 Å². The Balaban J connectivity index is 1.24. The predicted octanol–water partition coefficient (Wildman–Crippen LogP) is 4.86. The van der Waals surface area contributed by atoms with Crippen molar-refractivity contribution in [1.82, 2.24) is 20.3 Å². The van der Waals surface area contributed by atoms with Gasteiger partial charge in [-0.2, -0.15) is 0 Å². The normalized spacial score (nSPS) is 16.2. The summed E-state index contributed by atoms with van der Waals surface area (Å²) in [7, 11) is 0. The summed E-state index contributed by atoms with van der Waals surface area (Å²) in [5.41, 5.74) is 7.90. The van der Waals surface area contributed by atoms with Crippen LogP contribution in [0.1, 0.15) is 17.3 Å². The molecule has 168 valence electrons. The molecule has 2 aliphatic rings. The highest BCUT2D eigenvalue weighted by Crippen LogP contribution is 2.34. The highest BCUT2D eigenvalue weighted by Gasteiger charge is 2.22. The van der Waals surface area contributed by atoms with E-state index in [-0.39, 0.29) is 0 Å². The van der Waals surface area contributed by atoms with E-state index in [0.29, 0.717) is 12.5 Å². The Morgan fingerprint density at radius 3 is 2.71 bits per heavy atom. The molecule has 1 fully saturated rings. The van der Waals surface area contributed by atoms with Crippen LogP contribution in [0, 0.1) is 0 Å². The summed E-state index contributed by atoms with van der Waals surface area (Å²) >= 11 is 0. The number of nitrogens with one attached hydrogen (secondary N) is 2. The third-order valence-electron chi connectivity index (χ3n) is 7.01. The molecule has 6 nitrogen and oxygen atoms in total. The Morgan fingerprint density at radius 1 is 0.912 bits per heavy atom. The maximum atomic E-state index is 6.14. The van der Waals surface area contributed by atoms with E-state index < -0.39 is 0 Å². The first-order chi connectivity index (χ1) is 16.8. The van der Waals surface area contributed by atoms with Gasteiger partial charge < -0.3 is 19.9 Å². The summed E-state index contributed by atoms with van der Waals surface area (Å²) in [5.74, 6) is 2.55. The molecule has 34 heavy (non-hydrogen) atoms. The Morgan fingerprint density at radius 2 is 1.79 bits per heavy atom. The number of hydrogen-bond acceptors (Lipinski definition) is 5. The van der Waals surface area contributed by atoms with Crippen LogP contribution in [0.25, 0.3) is 33.1 Å². The minimum Gasteiger partial charge on any atom is -0.491 e. The minimum absolute atomic E-state index is 0.496. The molecular formula is C28H25N5O. The zero-order valence-electron chi connectivity index (χ0n) is 18.8. The van der Waals surface area contributed by atoms with E-state index in [1.165, 1.54) is 27.8 Å². The third kappa shape index (κ3) is 3.30. The highest BCUT2D eigenvalue weighted by atomic mass is 16.5. The van der Waals surface area contributed by atoms with Crippen molar-refractivity contribution in [1.29, 1.82) is 0 Å².